The van der Waals surface area contributed by atoms with Crippen molar-refractivity contribution in [3.8, 4) is 5.75 Å². The van der Waals surface area contributed by atoms with Crippen molar-refractivity contribution in [2.75, 3.05) is 5.73 Å². The van der Waals surface area contributed by atoms with E-state index in [9.17, 15) is 4.39 Å². The first kappa shape index (κ1) is 7.85. The van der Waals surface area contributed by atoms with Crippen LogP contribution in [0.15, 0.2) is 24.3 Å². The van der Waals surface area contributed by atoms with Gasteiger partial charge in [0.05, 0.1) is 0 Å². The van der Waals surface area contributed by atoms with Gasteiger partial charge in [-0.25, -0.2) is 4.39 Å². The van der Waals surface area contributed by atoms with E-state index in [0.29, 0.717) is 11.4 Å². The van der Waals surface area contributed by atoms with E-state index in [0.717, 1.165) is 0 Å². The van der Waals surface area contributed by atoms with E-state index < -0.39 is 6.36 Å². The molecule has 3 heteroatoms. The SMILES string of the molecule is CC(F)Oc1ccc(N)cc1. The number of nitrogens with two attached hydrogens (primary N) is 1. The van der Waals surface area contributed by atoms with Crippen LogP contribution in [0.2, 0.25) is 0 Å². The Hall–Kier alpha value is -1.25. The van der Waals surface area contributed by atoms with Gasteiger partial charge in [-0.2, -0.15) is 0 Å². The summed E-state index contributed by atoms with van der Waals surface area (Å²) >= 11 is 0. The average molecular weight is 155 g/mol. The van der Waals surface area contributed by atoms with Gasteiger partial charge in [-0.3, -0.25) is 0 Å². The zero-order valence-electron chi connectivity index (χ0n) is 6.25. The Morgan fingerprint density at radius 1 is 1.36 bits per heavy atom. The quantitative estimate of drug-likeness (QED) is 0.662. The fourth-order valence-corrected chi connectivity index (χ4v) is 0.734. The number of alkyl halides is 1. The molecule has 0 aliphatic carbocycles. The minimum Gasteiger partial charge on any atom is -0.461 e. The first-order valence-electron chi connectivity index (χ1n) is 3.35. The van der Waals surface area contributed by atoms with E-state index in [1.54, 1.807) is 24.3 Å². The Bertz CT molecular complexity index is 220. The molecule has 0 radical (unpaired) electrons. The fraction of sp³-hybridized carbons (Fsp3) is 0.250. The lowest BCUT2D eigenvalue weighted by molar-refractivity contribution is 0.0861. The van der Waals surface area contributed by atoms with Gasteiger partial charge in [0.1, 0.15) is 5.75 Å². The second-order valence-electron chi connectivity index (χ2n) is 2.23. The molecule has 0 aliphatic heterocycles. The molecule has 1 aromatic rings. The van der Waals surface area contributed by atoms with Crippen molar-refractivity contribution in [3.63, 3.8) is 0 Å². The van der Waals surface area contributed by atoms with Crippen LogP contribution in [-0.2, 0) is 0 Å². The zero-order chi connectivity index (χ0) is 8.27. The second-order valence-corrected chi connectivity index (χ2v) is 2.23. The van der Waals surface area contributed by atoms with Crippen LogP contribution >= 0.6 is 0 Å². The molecule has 0 saturated heterocycles. The number of anilines is 1. The number of ether oxygens (including phenoxy) is 1. The Kier molecular flexibility index (Phi) is 2.31. The molecule has 0 spiro atoms. The molecule has 60 valence electrons. The molecule has 11 heavy (non-hydrogen) atoms. The summed E-state index contributed by atoms with van der Waals surface area (Å²) in [5.41, 5.74) is 6.05. The van der Waals surface area contributed by atoms with Gasteiger partial charge in [-0.15, -0.1) is 0 Å². The Morgan fingerprint density at radius 3 is 2.36 bits per heavy atom. The van der Waals surface area contributed by atoms with Crippen LogP contribution in [0, 0.1) is 0 Å². The number of rotatable bonds is 2. The standard InChI is InChI=1S/C8H10FNO/c1-6(9)11-8-4-2-7(10)3-5-8/h2-6H,10H2,1H3. The van der Waals surface area contributed by atoms with Gasteiger partial charge in [0.2, 0.25) is 6.36 Å². The number of benzene rings is 1. The lowest BCUT2D eigenvalue weighted by atomic mass is 10.3. The molecule has 1 aromatic carbocycles. The Balaban J connectivity index is 2.66. The van der Waals surface area contributed by atoms with Crippen LogP contribution in [0.5, 0.6) is 5.75 Å². The first-order chi connectivity index (χ1) is 5.18. The van der Waals surface area contributed by atoms with Crippen molar-refractivity contribution in [3.05, 3.63) is 24.3 Å². The number of nitrogen functional groups attached to an aromatic ring is 1. The van der Waals surface area contributed by atoms with Crippen molar-refractivity contribution < 1.29 is 9.13 Å². The molecule has 1 rings (SSSR count). The second kappa shape index (κ2) is 3.23. The third-order valence-corrected chi connectivity index (χ3v) is 1.18. The van der Waals surface area contributed by atoms with E-state index >= 15 is 0 Å². The Labute approximate surface area is 64.8 Å². The summed E-state index contributed by atoms with van der Waals surface area (Å²) in [6, 6.07) is 6.59. The molecule has 0 heterocycles. The van der Waals surface area contributed by atoms with Crippen molar-refractivity contribution in [1.82, 2.24) is 0 Å². The smallest absolute Gasteiger partial charge is 0.235 e. The molecule has 0 aromatic heterocycles. The highest BCUT2D eigenvalue weighted by Gasteiger charge is 1.98. The third kappa shape index (κ3) is 2.45. The van der Waals surface area contributed by atoms with Gasteiger partial charge in [0.25, 0.3) is 0 Å². The van der Waals surface area contributed by atoms with Crippen LogP contribution in [0.1, 0.15) is 6.92 Å². The number of hydrogen-bond acceptors (Lipinski definition) is 2. The normalized spacial score (nSPS) is 12.5. The molecule has 2 nitrogen and oxygen atoms in total. The maximum Gasteiger partial charge on any atom is 0.235 e. The van der Waals surface area contributed by atoms with Crippen LogP contribution in [-0.4, -0.2) is 6.36 Å². The van der Waals surface area contributed by atoms with E-state index in [1.807, 2.05) is 0 Å². The molecule has 2 N–H and O–H groups in total. The molecule has 0 bridgehead atoms. The molecule has 0 fully saturated rings. The summed E-state index contributed by atoms with van der Waals surface area (Å²) in [4.78, 5) is 0. The largest absolute Gasteiger partial charge is 0.461 e. The molecule has 0 amide bonds. The van der Waals surface area contributed by atoms with Gasteiger partial charge in [-0.1, -0.05) is 0 Å². The van der Waals surface area contributed by atoms with Crippen molar-refractivity contribution >= 4 is 5.69 Å². The minimum atomic E-state index is -1.28. The van der Waals surface area contributed by atoms with Gasteiger partial charge in [0.15, 0.2) is 0 Å². The fourth-order valence-electron chi connectivity index (χ4n) is 0.734. The van der Waals surface area contributed by atoms with Gasteiger partial charge in [0, 0.05) is 12.6 Å². The summed E-state index contributed by atoms with van der Waals surface area (Å²) in [5.74, 6) is 0.495. The van der Waals surface area contributed by atoms with E-state index in [-0.39, 0.29) is 0 Å². The highest BCUT2D eigenvalue weighted by Crippen LogP contribution is 2.14. The first-order valence-corrected chi connectivity index (χ1v) is 3.35. The zero-order valence-corrected chi connectivity index (χ0v) is 6.25. The summed E-state index contributed by atoms with van der Waals surface area (Å²) in [6.07, 6.45) is -1.28. The number of halogens is 1. The molecular weight excluding hydrogens is 145 g/mol. The molecule has 0 aliphatic rings. The highest BCUT2D eigenvalue weighted by atomic mass is 19.1. The van der Waals surface area contributed by atoms with Gasteiger partial charge >= 0.3 is 0 Å². The number of hydrogen-bond donors (Lipinski definition) is 1. The van der Waals surface area contributed by atoms with E-state index in [1.165, 1.54) is 6.92 Å². The monoisotopic (exact) mass is 155 g/mol. The topological polar surface area (TPSA) is 35.2 Å². The van der Waals surface area contributed by atoms with Crippen LogP contribution < -0.4 is 10.5 Å². The van der Waals surface area contributed by atoms with Crippen LogP contribution in [0.4, 0.5) is 10.1 Å². The lowest BCUT2D eigenvalue weighted by Crippen LogP contribution is -2.03. The molecular formula is C8H10FNO. The average Bonchev–Trinajstić information content (AvgIpc) is 1.93. The predicted molar refractivity (Wildman–Crippen MR) is 42.1 cm³/mol. The van der Waals surface area contributed by atoms with E-state index in [4.69, 9.17) is 10.5 Å². The summed E-state index contributed by atoms with van der Waals surface area (Å²) in [5, 5.41) is 0. The maximum absolute atomic E-state index is 12.2. The van der Waals surface area contributed by atoms with E-state index in [2.05, 4.69) is 0 Å². The van der Waals surface area contributed by atoms with Crippen molar-refractivity contribution in [1.29, 1.82) is 0 Å². The van der Waals surface area contributed by atoms with Crippen molar-refractivity contribution in [2.45, 2.75) is 13.3 Å². The summed E-state index contributed by atoms with van der Waals surface area (Å²) in [7, 11) is 0. The molecule has 1 atom stereocenters. The summed E-state index contributed by atoms with van der Waals surface area (Å²) < 4.78 is 17.0. The molecule has 0 saturated carbocycles. The molecule has 1 unspecified atom stereocenters. The van der Waals surface area contributed by atoms with Crippen LogP contribution in [0.25, 0.3) is 0 Å². The van der Waals surface area contributed by atoms with Gasteiger partial charge < -0.3 is 10.5 Å². The lowest BCUT2D eigenvalue weighted by Gasteiger charge is -2.05. The minimum absolute atomic E-state index is 0.495. The summed E-state index contributed by atoms with van der Waals surface area (Å²) in [6.45, 7) is 1.33. The maximum atomic E-state index is 12.2. The Morgan fingerprint density at radius 2 is 1.91 bits per heavy atom. The van der Waals surface area contributed by atoms with Crippen LogP contribution in [0.3, 0.4) is 0 Å². The predicted octanol–water partition coefficient (Wildman–Crippen LogP) is 1.96. The van der Waals surface area contributed by atoms with Gasteiger partial charge in [-0.05, 0) is 24.3 Å². The third-order valence-electron chi connectivity index (χ3n) is 1.18. The van der Waals surface area contributed by atoms with Crippen molar-refractivity contribution in [2.24, 2.45) is 0 Å². The highest BCUT2D eigenvalue weighted by molar-refractivity contribution is 5.41.